The van der Waals surface area contributed by atoms with Gasteiger partial charge in [-0.2, -0.15) is 0 Å². The average Bonchev–Trinajstić information content (AvgIpc) is 3.27. The van der Waals surface area contributed by atoms with Crippen molar-refractivity contribution in [3.8, 4) is 10.6 Å². The fourth-order valence-corrected chi connectivity index (χ4v) is 4.16. The summed E-state index contributed by atoms with van der Waals surface area (Å²) in [5.74, 6) is 0. The van der Waals surface area contributed by atoms with Gasteiger partial charge in [-0.3, -0.25) is 10.1 Å². The Hall–Kier alpha value is -3.35. The normalized spacial score (nSPS) is 11.1. The van der Waals surface area contributed by atoms with Crippen molar-refractivity contribution in [2.45, 2.75) is 4.90 Å². The number of hydrogen-bond acceptors (Lipinski definition) is 7. The summed E-state index contributed by atoms with van der Waals surface area (Å²) in [6.45, 7) is -0.0569. The molecule has 30 heavy (non-hydrogen) atoms. The number of sulfonamides is 1. The van der Waals surface area contributed by atoms with Gasteiger partial charge >= 0.3 is 6.03 Å². The van der Waals surface area contributed by atoms with Crippen LogP contribution in [-0.2, 0) is 10.0 Å². The molecule has 3 N–H and O–H groups in total. The highest BCUT2D eigenvalue weighted by Crippen LogP contribution is 2.23. The summed E-state index contributed by atoms with van der Waals surface area (Å²) in [6.07, 6.45) is 1.72. The molecule has 10 nitrogen and oxygen atoms in total. The van der Waals surface area contributed by atoms with E-state index in [1.807, 2.05) is 17.5 Å². The van der Waals surface area contributed by atoms with Crippen LogP contribution in [0.25, 0.3) is 10.6 Å². The lowest BCUT2D eigenvalue weighted by molar-refractivity contribution is -0.385. The number of hydrogen-bond donors (Lipinski definition) is 3. The molecular formula is C18H17N5O5S2. The Morgan fingerprint density at radius 3 is 2.57 bits per heavy atom. The lowest BCUT2D eigenvalue weighted by Crippen LogP contribution is -2.36. The Morgan fingerprint density at radius 1 is 1.13 bits per heavy atom. The van der Waals surface area contributed by atoms with Crippen molar-refractivity contribution in [2.75, 3.05) is 18.4 Å². The molecule has 1 aromatic heterocycles. The summed E-state index contributed by atoms with van der Waals surface area (Å²) in [7, 11) is -3.93. The third-order valence-electron chi connectivity index (χ3n) is 3.86. The van der Waals surface area contributed by atoms with Gasteiger partial charge in [-0.05, 0) is 30.3 Å². The fraction of sp³-hybridized carbons (Fsp3) is 0.111. The van der Waals surface area contributed by atoms with Gasteiger partial charge in [0.2, 0.25) is 10.0 Å². The first-order chi connectivity index (χ1) is 14.3. The summed E-state index contributed by atoms with van der Waals surface area (Å²) in [6, 6.07) is 11.4. The molecule has 0 aliphatic heterocycles. The molecule has 0 radical (unpaired) electrons. The van der Waals surface area contributed by atoms with E-state index in [0.717, 1.165) is 16.6 Å². The largest absolute Gasteiger partial charge is 0.337 e. The maximum absolute atomic E-state index is 12.2. The van der Waals surface area contributed by atoms with Crippen LogP contribution in [0, 0.1) is 10.1 Å². The first-order valence-corrected chi connectivity index (χ1v) is 11.0. The Morgan fingerprint density at radius 2 is 1.90 bits per heavy atom. The minimum absolute atomic E-state index is 0.0250. The number of anilines is 1. The van der Waals surface area contributed by atoms with Crippen LogP contribution in [0.1, 0.15) is 0 Å². The smallest absolute Gasteiger partial charge is 0.319 e. The van der Waals surface area contributed by atoms with Gasteiger partial charge < -0.3 is 10.6 Å². The van der Waals surface area contributed by atoms with Crippen molar-refractivity contribution in [3.05, 3.63) is 70.2 Å². The lowest BCUT2D eigenvalue weighted by atomic mass is 10.2. The molecule has 2 aromatic carbocycles. The SMILES string of the molecule is O=C(NCCNS(=O)(=O)c1cccc([N+](=O)[O-])c1)Nc1ccc(-c2nccs2)cc1. The zero-order chi connectivity index (χ0) is 21.6. The van der Waals surface area contributed by atoms with Gasteiger partial charge in [-0.25, -0.2) is 22.9 Å². The molecular weight excluding hydrogens is 430 g/mol. The van der Waals surface area contributed by atoms with Crippen molar-refractivity contribution < 1.29 is 18.1 Å². The summed E-state index contributed by atoms with van der Waals surface area (Å²) in [5, 5.41) is 18.7. The van der Waals surface area contributed by atoms with Crippen LogP contribution in [0.3, 0.4) is 0 Å². The molecule has 0 spiro atoms. The molecule has 0 atom stereocenters. The van der Waals surface area contributed by atoms with E-state index in [-0.39, 0.29) is 23.7 Å². The van der Waals surface area contributed by atoms with Gasteiger partial charge in [0.15, 0.2) is 0 Å². The monoisotopic (exact) mass is 447 g/mol. The number of carbonyl (C=O) groups is 1. The van der Waals surface area contributed by atoms with E-state index >= 15 is 0 Å². The van der Waals surface area contributed by atoms with E-state index in [1.165, 1.54) is 29.5 Å². The fourth-order valence-electron chi connectivity index (χ4n) is 2.45. The molecule has 0 aliphatic carbocycles. The highest BCUT2D eigenvalue weighted by molar-refractivity contribution is 7.89. The minimum atomic E-state index is -3.93. The third-order valence-corrected chi connectivity index (χ3v) is 6.14. The zero-order valence-electron chi connectivity index (χ0n) is 15.4. The molecule has 3 aromatic rings. The number of nitro groups is 1. The van der Waals surface area contributed by atoms with Crippen molar-refractivity contribution in [2.24, 2.45) is 0 Å². The standard InChI is InChI=1S/C18H17N5O5S2/c24-18(22-14-6-4-13(5-7-14)17-19-10-11-29-17)20-8-9-21-30(27,28)16-3-1-2-15(12-16)23(25)26/h1-7,10-12,21H,8-9H2,(H2,20,22,24). The van der Waals surface area contributed by atoms with E-state index in [4.69, 9.17) is 0 Å². The van der Waals surface area contributed by atoms with Crippen LogP contribution in [0.2, 0.25) is 0 Å². The van der Waals surface area contributed by atoms with Gasteiger partial charge in [0, 0.05) is 48.0 Å². The van der Waals surface area contributed by atoms with Gasteiger partial charge in [0.05, 0.1) is 9.82 Å². The molecule has 1 heterocycles. The summed E-state index contributed by atoms with van der Waals surface area (Å²) in [4.78, 5) is 26.1. The number of rotatable bonds is 8. The van der Waals surface area contributed by atoms with E-state index in [9.17, 15) is 23.3 Å². The number of nitrogens with zero attached hydrogens (tertiary/aromatic N) is 2. The molecule has 0 bridgehead atoms. The number of aromatic nitrogens is 1. The average molecular weight is 447 g/mol. The number of nitro benzene ring substituents is 1. The van der Waals surface area contributed by atoms with Crippen LogP contribution in [-0.4, -0.2) is 37.4 Å². The molecule has 156 valence electrons. The number of urea groups is 1. The lowest BCUT2D eigenvalue weighted by Gasteiger charge is -2.09. The molecule has 0 aliphatic rings. The van der Waals surface area contributed by atoms with Gasteiger partial charge in [0.1, 0.15) is 5.01 Å². The topological polar surface area (TPSA) is 143 Å². The van der Waals surface area contributed by atoms with Crippen molar-refractivity contribution in [1.29, 1.82) is 0 Å². The molecule has 0 saturated carbocycles. The van der Waals surface area contributed by atoms with Crippen LogP contribution in [0.5, 0.6) is 0 Å². The molecule has 0 fully saturated rings. The van der Waals surface area contributed by atoms with Crippen molar-refractivity contribution in [1.82, 2.24) is 15.0 Å². The Labute approximate surface area is 176 Å². The molecule has 2 amide bonds. The Kier molecular flexibility index (Phi) is 6.72. The van der Waals surface area contributed by atoms with Crippen molar-refractivity contribution in [3.63, 3.8) is 0 Å². The number of thiazole rings is 1. The molecule has 0 saturated heterocycles. The number of amides is 2. The van der Waals surface area contributed by atoms with Gasteiger partial charge in [0.25, 0.3) is 5.69 Å². The van der Waals surface area contributed by atoms with E-state index in [2.05, 4.69) is 20.3 Å². The maximum atomic E-state index is 12.2. The van der Waals surface area contributed by atoms with Crippen LogP contribution >= 0.6 is 11.3 Å². The second-order valence-corrected chi connectivity index (χ2v) is 8.61. The predicted octanol–water partition coefficient (Wildman–Crippen LogP) is 2.82. The first kappa shape index (κ1) is 21.4. The number of carbonyl (C=O) groups excluding carboxylic acids is 1. The quantitative estimate of drug-likeness (QED) is 0.275. The minimum Gasteiger partial charge on any atom is -0.337 e. The second-order valence-electron chi connectivity index (χ2n) is 5.95. The van der Waals surface area contributed by atoms with E-state index in [1.54, 1.807) is 18.3 Å². The predicted molar refractivity (Wildman–Crippen MR) is 113 cm³/mol. The first-order valence-electron chi connectivity index (χ1n) is 8.64. The third kappa shape index (κ3) is 5.59. The van der Waals surface area contributed by atoms with Crippen molar-refractivity contribution >= 4 is 38.8 Å². The van der Waals surface area contributed by atoms with E-state index in [0.29, 0.717) is 5.69 Å². The van der Waals surface area contributed by atoms with Gasteiger partial charge in [-0.1, -0.05) is 6.07 Å². The highest BCUT2D eigenvalue weighted by Gasteiger charge is 2.17. The Bertz CT molecular complexity index is 1130. The highest BCUT2D eigenvalue weighted by atomic mass is 32.2. The molecule has 3 rings (SSSR count). The van der Waals surface area contributed by atoms with E-state index < -0.39 is 21.0 Å². The zero-order valence-corrected chi connectivity index (χ0v) is 17.1. The van der Waals surface area contributed by atoms with Gasteiger partial charge in [-0.15, -0.1) is 11.3 Å². The number of benzene rings is 2. The number of nitrogens with one attached hydrogen (secondary N) is 3. The van der Waals surface area contributed by atoms with Crippen LogP contribution < -0.4 is 15.4 Å². The molecule has 12 heteroatoms. The maximum Gasteiger partial charge on any atom is 0.319 e. The summed E-state index contributed by atoms with van der Waals surface area (Å²) in [5.41, 5.74) is 1.19. The second kappa shape index (κ2) is 9.43. The summed E-state index contributed by atoms with van der Waals surface area (Å²) >= 11 is 1.51. The summed E-state index contributed by atoms with van der Waals surface area (Å²) < 4.78 is 26.7. The Balaban J connectivity index is 1.46. The molecule has 0 unspecified atom stereocenters. The number of non-ortho nitro benzene ring substituents is 1. The van der Waals surface area contributed by atoms with Crippen LogP contribution in [0.4, 0.5) is 16.2 Å². The van der Waals surface area contributed by atoms with Crippen LogP contribution in [0.15, 0.2) is 65.0 Å².